The highest BCUT2D eigenvalue weighted by atomic mass is 32.1. The molecule has 0 unspecified atom stereocenters. The minimum Gasteiger partial charge on any atom is -0.508 e. The molecular weight excluding hydrogens is 1780 g/mol. The van der Waals surface area contributed by atoms with Crippen LogP contribution < -0.4 is 126 Å². The first-order valence-corrected chi connectivity index (χ1v) is 44.9. The van der Waals surface area contributed by atoms with Crippen LogP contribution in [-0.2, 0) is 94.3 Å². The lowest BCUT2D eigenvalue weighted by atomic mass is 9.96. The number of carboxylic acids is 1. The Morgan fingerprint density at radius 1 is 0.466 bits per heavy atom. The van der Waals surface area contributed by atoms with E-state index < -0.39 is 257 Å². The molecule has 38 N–H and O–H groups in total. The van der Waals surface area contributed by atoms with Gasteiger partial charge in [0.15, 0.2) is 5.96 Å². The molecule has 1 fully saturated rings. The van der Waals surface area contributed by atoms with E-state index in [0.717, 1.165) is 18.7 Å². The van der Waals surface area contributed by atoms with Crippen LogP contribution in [0, 0.1) is 17.2 Å². The third-order valence-electron chi connectivity index (χ3n) is 21.7. The predicted octanol–water partition coefficient (Wildman–Crippen LogP) is -9.80. The van der Waals surface area contributed by atoms with Crippen molar-refractivity contribution in [2.45, 2.75) is 271 Å². The smallest absolute Gasteiger partial charge is 0.326 e. The molecule has 1 aliphatic heterocycles. The van der Waals surface area contributed by atoms with Gasteiger partial charge in [0.1, 0.15) is 102 Å². The standard InChI is InChI=1S/C83H139N25O23S2/c1-9-41(4)62(104-75(124)59-36-48(113)38-108(59)80(129)61(90)40(2)3)76(125)106-64(43(6)110)78(127)100-55(34-44-17-21-46(111)22-18-44)73(122)107-65(83(7,8)133)79(128)101-56(37-60(89)114)72(121)96-51(16-13-33-93-82(91)92)66(115)97-54(27-32-88)71(120)105-63(42(5)109)77(126)99-53(26-31-87)70(119)94-49(14-10-11-28-84)68(117)103-58(39-132)74(123)98-52(25-30-86)69(118)95-50(15-12-29-85)67(116)102-57(81(130)131)35-45-19-23-47(112)24-20-45/h17-24,40-43,48-59,61-65,109-113,132-133H,9-16,25-39,84-88,90H2,1-8H3,(H2,89,114)(H,94,119)(H,95,118)(H,96,121)(H,97,115)(H,98,123)(H,99,126)(H,100,127)(H,101,128)(H,102,116)(H,103,117)(H,104,124)(H,105,120)(H,106,125)(H,107,122)(H,130,131)(H4,91,92,93)/t41-,42+,43+,48+,49-,50-,51-,52-,53+,54-,55-,56-,57-,58-,59-,61-,62-,63-,64-,65+/m0/s1. The Morgan fingerprint density at radius 3 is 1.23 bits per heavy atom. The van der Waals surface area contributed by atoms with Crippen molar-refractivity contribution in [3.8, 4) is 11.5 Å². The number of β-amino-alcohol motifs (C(OH)–C–C–N with tert-alkyl or cyclic N) is 1. The summed E-state index contributed by atoms with van der Waals surface area (Å²) in [5, 5.41) is 107. The lowest BCUT2D eigenvalue weighted by Crippen LogP contribution is -2.64. The molecule has 3 rings (SSSR count). The van der Waals surface area contributed by atoms with E-state index in [1.54, 1.807) is 27.7 Å². The van der Waals surface area contributed by atoms with Gasteiger partial charge in [0, 0.05) is 42.9 Å². The quantitative estimate of drug-likeness (QED) is 0.0127. The number of guanidine groups is 1. The van der Waals surface area contributed by atoms with Crippen molar-refractivity contribution in [1.82, 2.24) is 84.7 Å². The van der Waals surface area contributed by atoms with E-state index in [1.807, 2.05) is 0 Å². The Labute approximate surface area is 782 Å². The number of aliphatic hydroxyl groups is 3. The van der Waals surface area contributed by atoms with Gasteiger partial charge in [-0.05, 0) is 172 Å². The molecule has 0 bridgehead atoms. The maximum atomic E-state index is 14.8. The second-order valence-corrected chi connectivity index (χ2v) is 35.1. The highest BCUT2D eigenvalue weighted by Gasteiger charge is 2.46. The van der Waals surface area contributed by atoms with E-state index in [9.17, 15) is 112 Å². The number of hydrogen-bond acceptors (Lipinski definition) is 31. The van der Waals surface area contributed by atoms with Gasteiger partial charge >= 0.3 is 5.97 Å². The van der Waals surface area contributed by atoms with Crippen molar-refractivity contribution < 1.29 is 112 Å². The van der Waals surface area contributed by atoms with Crippen molar-refractivity contribution in [2.24, 2.45) is 57.7 Å². The van der Waals surface area contributed by atoms with Crippen molar-refractivity contribution in [3.63, 3.8) is 0 Å². The fraction of sp³-hybridized carbons (Fsp3) is 0.639. The van der Waals surface area contributed by atoms with Crippen LogP contribution in [0.4, 0.5) is 0 Å². The number of thiol groups is 2. The molecular formula is C83H139N25O23S2. The number of rotatable bonds is 60. The molecule has 16 amide bonds. The zero-order chi connectivity index (χ0) is 100. The van der Waals surface area contributed by atoms with Crippen LogP contribution in [0.25, 0.3) is 0 Å². The zero-order valence-corrected chi connectivity index (χ0v) is 77.9. The number of nitrogens with two attached hydrogens (primary N) is 8. The minimum absolute atomic E-state index is 0.0588. The second kappa shape index (κ2) is 57.9. The van der Waals surface area contributed by atoms with Crippen LogP contribution in [-0.4, -0.2) is 313 Å². The number of benzene rings is 2. The fourth-order valence-electron chi connectivity index (χ4n) is 13.7. The topological polar surface area (TPSA) is 827 Å². The number of carbonyl (C=O) groups is 17. The number of carboxylic acid groups (broad SMARTS) is 1. The lowest BCUT2D eigenvalue weighted by Gasteiger charge is -2.33. The first-order valence-electron chi connectivity index (χ1n) is 43.9. The number of aliphatic carboxylic acids is 1. The third-order valence-corrected chi connectivity index (χ3v) is 22.3. The summed E-state index contributed by atoms with van der Waals surface area (Å²) in [4.78, 5) is 240. The summed E-state index contributed by atoms with van der Waals surface area (Å²) in [6.45, 7) is 10.6. The van der Waals surface area contributed by atoms with Gasteiger partial charge in [0.2, 0.25) is 94.5 Å². The van der Waals surface area contributed by atoms with E-state index in [1.165, 1.54) is 62.4 Å². The van der Waals surface area contributed by atoms with Gasteiger partial charge in [-0.3, -0.25) is 82.1 Å². The number of likely N-dealkylation sites (tertiary alicyclic amines) is 1. The number of nitrogens with one attached hydrogen (secondary N) is 16. The van der Waals surface area contributed by atoms with Gasteiger partial charge < -0.3 is 161 Å². The van der Waals surface area contributed by atoms with Crippen molar-refractivity contribution in [1.29, 1.82) is 5.41 Å². The third kappa shape index (κ3) is 39.4. The molecule has 20 atom stereocenters. The van der Waals surface area contributed by atoms with Crippen LogP contribution >= 0.6 is 25.3 Å². The van der Waals surface area contributed by atoms with Gasteiger partial charge in [0.05, 0.1) is 30.8 Å². The van der Waals surface area contributed by atoms with Gasteiger partial charge in [0.25, 0.3) is 0 Å². The Balaban J connectivity index is 1.92. The number of unbranched alkanes of at least 4 members (excludes halogenated alkanes) is 1. The molecule has 133 heavy (non-hydrogen) atoms. The highest BCUT2D eigenvalue weighted by molar-refractivity contribution is 7.81. The number of primary amides is 1. The average Bonchev–Trinajstić information content (AvgIpc) is 1.79. The number of carbonyl (C=O) groups excluding carboxylic acids is 16. The lowest BCUT2D eigenvalue weighted by molar-refractivity contribution is -0.142. The largest absolute Gasteiger partial charge is 0.508 e. The summed E-state index contributed by atoms with van der Waals surface area (Å²) < 4.78 is -1.64. The van der Waals surface area contributed by atoms with E-state index in [0.29, 0.717) is 12.0 Å². The number of phenols is 2. The van der Waals surface area contributed by atoms with Gasteiger partial charge in [-0.2, -0.15) is 25.3 Å². The maximum Gasteiger partial charge on any atom is 0.326 e. The molecule has 2 aromatic rings. The summed E-state index contributed by atoms with van der Waals surface area (Å²) in [5.41, 5.74) is 47.3. The van der Waals surface area contributed by atoms with Gasteiger partial charge in [-0.15, -0.1) is 0 Å². The highest BCUT2D eigenvalue weighted by Crippen LogP contribution is 2.24. The van der Waals surface area contributed by atoms with Crippen LogP contribution in [0.1, 0.15) is 150 Å². The Kier molecular flexibility index (Phi) is 50.4. The molecule has 0 saturated carbocycles. The first kappa shape index (κ1) is 116. The number of amides is 16. The van der Waals surface area contributed by atoms with E-state index in [2.05, 4.69) is 105 Å². The van der Waals surface area contributed by atoms with Crippen molar-refractivity contribution >= 4 is 132 Å². The van der Waals surface area contributed by atoms with E-state index in [-0.39, 0.29) is 139 Å². The van der Waals surface area contributed by atoms with Gasteiger partial charge in [-0.1, -0.05) is 58.4 Å². The van der Waals surface area contributed by atoms with Gasteiger partial charge in [-0.25, -0.2) is 4.79 Å². The molecule has 50 heteroatoms. The monoisotopic (exact) mass is 1920 g/mol. The van der Waals surface area contributed by atoms with E-state index >= 15 is 0 Å². The molecule has 746 valence electrons. The summed E-state index contributed by atoms with van der Waals surface area (Å²) in [7, 11) is 0. The fourth-order valence-corrected chi connectivity index (χ4v) is 14.2. The first-order chi connectivity index (χ1) is 62.5. The molecule has 1 aliphatic rings. The summed E-state index contributed by atoms with van der Waals surface area (Å²) >= 11 is 8.85. The SMILES string of the molecule is CC[C@H](C)[C@H](NC(=O)[C@@H]1C[C@@H](O)CN1C(=O)[C@@H](N)C(C)C)C(=O)N[C@H](C(=O)N[C@@H](Cc1ccc(O)cc1)C(=O)N[C@H](C(=O)N[C@@H](CC(N)=O)C(=O)N[C@@H](CCCNC(=N)N)C(=O)N[C@@H](CCN)C(=O)N[C@H](C(=O)N[C@H](CCN)C(=O)N[C@@H](CCCCN)C(=O)N[C@@H](CS)C(=O)N[C@@H](CCN)C(=O)N[C@@H](CCCN)C(=O)N[C@@H](Cc1ccc(O)cc1)C(=O)O)[C@@H](C)O)C(C)(C)S)[C@@H](C)O. The van der Waals surface area contributed by atoms with Crippen LogP contribution in [0.3, 0.4) is 0 Å². The minimum atomic E-state index is -2.01. The zero-order valence-electron chi connectivity index (χ0n) is 76.1. The molecule has 1 heterocycles. The Morgan fingerprint density at radius 2 is 0.827 bits per heavy atom. The van der Waals surface area contributed by atoms with Crippen molar-refractivity contribution in [2.75, 3.05) is 51.6 Å². The number of aromatic hydroxyl groups is 2. The normalized spacial score (nSPS) is 17.2. The Bertz CT molecular complexity index is 4230. The number of aliphatic hydroxyl groups excluding tert-OH is 3. The summed E-state index contributed by atoms with van der Waals surface area (Å²) in [5.74, 6) is -20.5. The average molecular weight is 1920 g/mol. The van der Waals surface area contributed by atoms with Crippen LogP contribution in [0.15, 0.2) is 48.5 Å². The summed E-state index contributed by atoms with van der Waals surface area (Å²) in [6, 6.07) is -14.8. The number of phenolic OH excluding ortho intramolecular Hbond substituents is 2. The molecule has 48 nitrogen and oxygen atoms in total. The molecule has 0 aromatic heterocycles. The molecule has 0 aliphatic carbocycles. The number of nitrogens with zero attached hydrogens (tertiary/aromatic N) is 1. The maximum absolute atomic E-state index is 14.8. The molecule has 0 radical (unpaired) electrons. The molecule has 2 aromatic carbocycles. The molecule has 0 spiro atoms. The van der Waals surface area contributed by atoms with Crippen LogP contribution in [0.5, 0.6) is 11.5 Å². The Hall–Kier alpha value is -11.4. The van der Waals surface area contributed by atoms with Crippen molar-refractivity contribution in [3.05, 3.63) is 59.7 Å². The van der Waals surface area contributed by atoms with E-state index in [4.69, 9.17) is 51.3 Å². The van der Waals surface area contributed by atoms with Crippen LogP contribution in [0.2, 0.25) is 0 Å². The predicted molar refractivity (Wildman–Crippen MR) is 492 cm³/mol. The number of hydrogen-bond donors (Lipinski definition) is 32. The molecule has 1 saturated heterocycles. The second-order valence-electron chi connectivity index (χ2n) is 33.6. The summed E-state index contributed by atoms with van der Waals surface area (Å²) in [6.07, 6.45) is -7.15.